The van der Waals surface area contributed by atoms with Crippen molar-refractivity contribution in [2.45, 2.75) is 33.3 Å². The van der Waals surface area contributed by atoms with Gasteiger partial charge in [0.1, 0.15) is 34.8 Å². The Morgan fingerprint density at radius 3 is 2.54 bits per heavy atom. The summed E-state index contributed by atoms with van der Waals surface area (Å²) in [6.45, 7) is 5.42. The van der Waals surface area contributed by atoms with Crippen molar-refractivity contribution in [1.29, 1.82) is 0 Å². The molecule has 0 radical (unpaired) electrons. The lowest BCUT2D eigenvalue weighted by Crippen LogP contribution is -2.22. The number of hydrogen-bond donors (Lipinski definition) is 0. The fourth-order valence-electron chi connectivity index (χ4n) is 3.41. The van der Waals surface area contributed by atoms with E-state index < -0.39 is 17.2 Å². The number of hydrogen-bond acceptors (Lipinski definition) is 5. The van der Waals surface area contributed by atoms with Crippen molar-refractivity contribution in [3.8, 4) is 22.8 Å². The van der Waals surface area contributed by atoms with Crippen molar-refractivity contribution >= 4 is 23.2 Å². The van der Waals surface area contributed by atoms with Crippen LogP contribution in [0.2, 0.25) is 10.0 Å². The van der Waals surface area contributed by atoms with Gasteiger partial charge in [-0.2, -0.15) is 0 Å². The van der Waals surface area contributed by atoms with Crippen molar-refractivity contribution in [1.82, 2.24) is 19.5 Å². The highest BCUT2D eigenvalue weighted by Crippen LogP contribution is 2.29. The maximum Gasteiger partial charge on any atom is 0.277 e. The molecule has 35 heavy (non-hydrogen) atoms. The highest BCUT2D eigenvalue weighted by atomic mass is 35.5. The van der Waals surface area contributed by atoms with Gasteiger partial charge in [-0.3, -0.25) is 14.3 Å². The molecule has 1 aromatic carbocycles. The minimum atomic E-state index is -0.757. The fraction of sp³-hybridized carbons (Fsp3) is 0.200. The Labute approximate surface area is 210 Å². The van der Waals surface area contributed by atoms with E-state index in [1.807, 2.05) is 13.8 Å². The summed E-state index contributed by atoms with van der Waals surface area (Å²) in [5.41, 5.74) is 1.46. The van der Waals surface area contributed by atoms with Crippen LogP contribution in [0.4, 0.5) is 8.78 Å². The van der Waals surface area contributed by atoms with Gasteiger partial charge in [0, 0.05) is 41.7 Å². The molecule has 4 rings (SSSR count). The first-order chi connectivity index (χ1) is 16.7. The van der Waals surface area contributed by atoms with E-state index in [0.29, 0.717) is 28.6 Å². The second kappa shape index (κ2) is 10.1. The standard InChI is InChI=1S/C25H20Cl2F2N4O2/c1-13(2)24-30-7-6-19(32-24)20-10-21(17(26)11-31-20)33-14(3)8-22(23(27)25(33)34)35-12-15-4-5-16(28)9-18(15)29/h4-11,13H,12H2,1-3H3. The number of pyridine rings is 2. The molecule has 10 heteroatoms. The van der Waals surface area contributed by atoms with Crippen molar-refractivity contribution < 1.29 is 13.5 Å². The number of nitrogens with zero attached hydrogens (tertiary/aromatic N) is 4. The zero-order valence-electron chi connectivity index (χ0n) is 19.0. The molecule has 0 atom stereocenters. The number of benzene rings is 1. The summed E-state index contributed by atoms with van der Waals surface area (Å²) in [6, 6.07) is 8.06. The first kappa shape index (κ1) is 24.8. The Morgan fingerprint density at radius 1 is 1.06 bits per heavy atom. The summed E-state index contributed by atoms with van der Waals surface area (Å²) in [7, 11) is 0. The molecule has 3 aromatic heterocycles. The molecule has 0 bridgehead atoms. The highest BCUT2D eigenvalue weighted by molar-refractivity contribution is 6.33. The summed E-state index contributed by atoms with van der Waals surface area (Å²) in [5.74, 6) is -0.596. The van der Waals surface area contributed by atoms with E-state index in [2.05, 4.69) is 15.0 Å². The largest absolute Gasteiger partial charge is 0.487 e. The van der Waals surface area contributed by atoms with Crippen LogP contribution in [0.3, 0.4) is 0 Å². The lowest BCUT2D eigenvalue weighted by atomic mass is 10.2. The van der Waals surface area contributed by atoms with Crippen molar-refractivity contribution in [2.75, 3.05) is 0 Å². The van der Waals surface area contributed by atoms with E-state index in [9.17, 15) is 13.6 Å². The third kappa shape index (κ3) is 5.18. The van der Waals surface area contributed by atoms with Gasteiger partial charge in [-0.1, -0.05) is 37.0 Å². The molecule has 0 aliphatic rings. The summed E-state index contributed by atoms with van der Waals surface area (Å²) < 4.78 is 34.0. The first-order valence-corrected chi connectivity index (χ1v) is 11.4. The van der Waals surface area contributed by atoms with Gasteiger partial charge in [0.2, 0.25) is 0 Å². The van der Waals surface area contributed by atoms with Crippen LogP contribution in [0.25, 0.3) is 17.1 Å². The molecule has 0 fully saturated rings. The monoisotopic (exact) mass is 516 g/mol. The molecule has 0 N–H and O–H groups in total. The molecule has 180 valence electrons. The van der Waals surface area contributed by atoms with E-state index in [-0.39, 0.29) is 33.9 Å². The average molecular weight is 517 g/mol. The third-order valence-corrected chi connectivity index (χ3v) is 5.87. The molecule has 0 aliphatic carbocycles. The summed E-state index contributed by atoms with van der Waals surface area (Å²) in [6.07, 6.45) is 3.09. The third-order valence-electron chi connectivity index (χ3n) is 5.23. The van der Waals surface area contributed by atoms with Gasteiger partial charge in [0.15, 0.2) is 0 Å². The number of halogens is 4. The Hall–Kier alpha value is -3.36. The van der Waals surface area contributed by atoms with E-state index in [0.717, 1.165) is 12.1 Å². The van der Waals surface area contributed by atoms with Crippen molar-refractivity contribution in [3.63, 3.8) is 0 Å². The van der Waals surface area contributed by atoms with Crippen LogP contribution in [0.1, 0.15) is 36.8 Å². The van der Waals surface area contributed by atoms with Crippen LogP contribution in [0, 0.1) is 18.6 Å². The molecule has 4 aromatic rings. The SMILES string of the molecule is Cc1cc(OCc2ccc(F)cc2F)c(Cl)c(=O)n1-c1cc(-c2ccnc(C(C)C)n2)ncc1Cl. The van der Waals surface area contributed by atoms with Crippen molar-refractivity contribution in [3.05, 3.63) is 97.9 Å². The second-order valence-electron chi connectivity index (χ2n) is 8.10. The Morgan fingerprint density at radius 2 is 1.83 bits per heavy atom. The number of aryl methyl sites for hydroxylation is 1. The van der Waals surface area contributed by atoms with E-state index in [4.69, 9.17) is 27.9 Å². The first-order valence-electron chi connectivity index (χ1n) is 10.6. The smallest absolute Gasteiger partial charge is 0.277 e. The topological polar surface area (TPSA) is 69.9 Å². The lowest BCUT2D eigenvalue weighted by Gasteiger charge is -2.16. The summed E-state index contributed by atoms with van der Waals surface area (Å²) in [4.78, 5) is 26.4. The van der Waals surface area contributed by atoms with E-state index in [1.54, 1.807) is 31.3 Å². The van der Waals surface area contributed by atoms with Gasteiger partial charge in [-0.25, -0.2) is 18.7 Å². The minimum Gasteiger partial charge on any atom is -0.487 e. The number of ether oxygens (including phenoxy) is 1. The molecule has 6 nitrogen and oxygen atoms in total. The van der Waals surface area contributed by atoms with Gasteiger partial charge in [0.25, 0.3) is 5.56 Å². The van der Waals surface area contributed by atoms with Gasteiger partial charge in [0.05, 0.1) is 22.1 Å². The maximum absolute atomic E-state index is 13.9. The molecule has 0 saturated heterocycles. The molecule has 0 amide bonds. The molecule has 3 heterocycles. The molecule has 0 aliphatic heterocycles. The molecule has 0 saturated carbocycles. The van der Waals surface area contributed by atoms with Crippen molar-refractivity contribution in [2.24, 2.45) is 0 Å². The maximum atomic E-state index is 13.9. The Kier molecular flexibility index (Phi) is 7.14. The zero-order chi connectivity index (χ0) is 25.3. The predicted molar refractivity (Wildman–Crippen MR) is 130 cm³/mol. The second-order valence-corrected chi connectivity index (χ2v) is 8.89. The molecule has 0 spiro atoms. The minimum absolute atomic E-state index is 0.0666. The van der Waals surface area contributed by atoms with Gasteiger partial charge in [-0.15, -0.1) is 0 Å². The predicted octanol–water partition coefficient (Wildman–Crippen LogP) is 6.29. The van der Waals surface area contributed by atoms with Gasteiger partial charge >= 0.3 is 0 Å². The summed E-state index contributed by atoms with van der Waals surface area (Å²) >= 11 is 12.7. The normalized spacial score (nSPS) is 11.2. The highest BCUT2D eigenvalue weighted by Gasteiger charge is 2.18. The summed E-state index contributed by atoms with van der Waals surface area (Å²) in [5, 5.41) is 0.0203. The zero-order valence-corrected chi connectivity index (χ0v) is 20.5. The van der Waals surface area contributed by atoms with E-state index >= 15 is 0 Å². The average Bonchev–Trinajstić information content (AvgIpc) is 2.82. The molecular weight excluding hydrogens is 497 g/mol. The van der Waals surface area contributed by atoms with Crippen LogP contribution >= 0.6 is 23.2 Å². The van der Waals surface area contributed by atoms with Crippen LogP contribution < -0.4 is 10.3 Å². The molecular formula is C25H20Cl2F2N4O2. The molecule has 0 unspecified atom stereocenters. The van der Waals surface area contributed by atoms with Gasteiger partial charge < -0.3 is 4.74 Å². The van der Waals surface area contributed by atoms with Crippen LogP contribution in [-0.4, -0.2) is 19.5 Å². The van der Waals surface area contributed by atoms with Crippen LogP contribution in [-0.2, 0) is 6.61 Å². The Bertz CT molecular complexity index is 1470. The lowest BCUT2D eigenvalue weighted by molar-refractivity contribution is 0.298. The van der Waals surface area contributed by atoms with Crippen LogP contribution in [0.15, 0.2) is 53.6 Å². The number of aromatic nitrogens is 4. The fourth-order valence-corrected chi connectivity index (χ4v) is 3.80. The van der Waals surface area contributed by atoms with E-state index in [1.165, 1.54) is 16.8 Å². The number of rotatable bonds is 6. The van der Waals surface area contributed by atoms with Gasteiger partial charge in [-0.05, 0) is 31.2 Å². The quantitative estimate of drug-likeness (QED) is 0.301. The Balaban J connectivity index is 1.71. The van der Waals surface area contributed by atoms with Crippen LogP contribution in [0.5, 0.6) is 5.75 Å².